The predicted molar refractivity (Wildman–Crippen MR) is 125 cm³/mol. The van der Waals surface area contributed by atoms with Gasteiger partial charge in [0, 0.05) is 12.0 Å². The van der Waals surface area contributed by atoms with E-state index in [2.05, 4.69) is 62.5 Å². The largest absolute Gasteiger partial charge is 0.486 e. The molecule has 1 aromatic heterocycles. The van der Waals surface area contributed by atoms with Crippen LogP contribution in [-0.2, 0) is 12.0 Å². The molecule has 3 rings (SSSR count). The van der Waals surface area contributed by atoms with Gasteiger partial charge in [-0.25, -0.2) is 0 Å². The number of hydrogen-bond donors (Lipinski definition) is 1. The third kappa shape index (κ3) is 6.24. The number of carbonyl (C=O) groups is 1. The Balaban J connectivity index is 1.51. The topological polar surface area (TPSA) is 51.5 Å². The van der Waals surface area contributed by atoms with E-state index in [1.165, 1.54) is 24.0 Å². The van der Waals surface area contributed by atoms with Crippen LogP contribution in [0.2, 0.25) is 0 Å². The lowest BCUT2D eigenvalue weighted by Crippen LogP contribution is -2.23. The minimum Gasteiger partial charge on any atom is -0.486 e. The van der Waals surface area contributed by atoms with Crippen molar-refractivity contribution in [3.63, 3.8) is 0 Å². The highest BCUT2D eigenvalue weighted by molar-refractivity contribution is 5.91. The van der Waals surface area contributed by atoms with E-state index in [0.29, 0.717) is 18.1 Å². The Morgan fingerprint density at radius 1 is 0.903 bits per heavy atom. The standard InChI is InChI=1S/C27H33NO3/c1-4-5-6-10-19-28-26(29)25-18-17-24(31-25)20-30-23-15-13-22(14-16-23)27(2,3)21-11-8-7-9-12-21/h7-9,11-18H,4-6,10,19-20H2,1-3H3,(H,28,29). The molecule has 1 heterocycles. The van der Waals surface area contributed by atoms with Gasteiger partial charge in [0.2, 0.25) is 0 Å². The molecule has 0 spiro atoms. The van der Waals surface area contributed by atoms with Crippen molar-refractivity contribution in [1.82, 2.24) is 5.32 Å². The summed E-state index contributed by atoms with van der Waals surface area (Å²) in [7, 11) is 0. The van der Waals surface area contributed by atoms with Gasteiger partial charge in [0.1, 0.15) is 18.1 Å². The molecular formula is C27H33NO3. The second-order valence-electron chi connectivity index (χ2n) is 8.39. The number of hydrogen-bond acceptors (Lipinski definition) is 3. The zero-order valence-corrected chi connectivity index (χ0v) is 18.8. The fourth-order valence-electron chi connectivity index (χ4n) is 3.56. The molecule has 0 atom stereocenters. The molecule has 0 aliphatic rings. The van der Waals surface area contributed by atoms with Crippen molar-refractivity contribution in [2.24, 2.45) is 0 Å². The van der Waals surface area contributed by atoms with E-state index < -0.39 is 0 Å². The molecular weight excluding hydrogens is 386 g/mol. The number of ether oxygens (including phenoxy) is 1. The van der Waals surface area contributed by atoms with E-state index in [4.69, 9.17) is 9.15 Å². The average molecular weight is 420 g/mol. The number of nitrogens with one attached hydrogen (secondary N) is 1. The highest BCUT2D eigenvalue weighted by atomic mass is 16.5. The first-order chi connectivity index (χ1) is 15.0. The van der Waals surface area contributed by atoms with Gasteiger partial charge in [-0.05, 0) is 41.8 Å². The number of benzene rings is 2. The maximum Gasteiger partial charge on any atom is 0.286 e. The number of amides is 1. The van der Waals surface area contributed by atoms with Crippen molar-refractivity contribution in [3.05, 3.63) is 89.4 Å². The van der Waals surface area contributed by atoms with Crippen LogP contribution in [0.25, 0.3) is 0 Å². The summed E-state index contributed by atoms with van der Waals surface area (Å²) in [6.45, 7) is 7.57. The SMILES string of the molecule is CCCCCCNC(=O)c1ccc(COc2ccc(C(C)(C)c3ccccc3)cc2)o1. The van der Waals surface area contributed by atoms with Crippen LogP contribution in [0.4, 0.5) is 0 Å². The summed E-state index contributed by atoms with van der Waals surface area (Å²) in [6.07, 6.45) is 4.51. The molecule has 3 aromatic rings. The van der Waals surface area contributed by atoms with Gasteiger partial charge in [0.25, 0.3) is 5.91 Å². The van der Waals surface area contributed by atoms with Crippen LogP contribution in [0.15, 0.2) is 71.1 Å². The molecule has 31 heavy (non-hydrogen) atoms. The van der Waals surface area contributed by atoms with E-state index in [-0.39, 0.29) is 17.9 Å². The Bertz CT molecular complexity index is 942. The van der Waals surface area contributed by atoms with Crippen molar-refractivity contribution >= 4 is 5.91 Å². The van der Waals surface area contributed by atoms with E-state index >= 15 is 0 Å². The Kier molecular flexibility index (Phi) is 7.94. The van der Waals surface area contributed by atoms with Crippen LogP contribution < -0.4 is 10.1 Å². The lowest BCUT2D eigenvalue weighted by Gasteiger charge is -2.26. The molecule has 1 N–H and O–H groups in total. The number of unbranched alkanes of at least 4 members (excludes halogenated alkanes) is 3. The quantitative estimate of drug-likeness (QED) is 0.361. The Morgan fingerprint density at radius 3 is 2.32 bits per heavy atom. The third-order valence-electron chi connectivity index (χ3n) is 5.65. The molecule has 2 aromatic carbocycles. The molecule has 4 nitrogen and oxygen atoms in total. The minimum atomic E-state index is -0.171. The van der Waals surface area contributed by atoms with Gasteiger partial charge in [-0.1, -0.05) is 82.5 Å². The fraction of sp³-hybridized carbons (Fsp3) is 0.370. The smallest absolute Gasteiger partial charge is 0.286 e. The molecule has 164 valence electrons. The van der Waals surface area contributed by atoms with Gasteiger partial charge in [0.15, 0.2) is 5.76 Å². The van der Waals surface area contributed by atoms with Crippen LogP contribution in [-0.4, -0.2) is 12.5 Å². The monoisotopic (exact) mass is 419 g/mol. The summed E-state index contributed by atoms with van der Waals surface area (Å²) in [6, 6.07) is 22.1. The van der Waals surface area contributed by atoms with Crippen LogP contribution >= 0.6 is 0 Å². The van der Waals surface area contributed by atoms with Crippen molar-refractivity contribution in [2.75, 3.05) is 6.54 Å². The molecule has 0 fully saturated rings. The summed E-state index contributed by atoms with van der Waals surface area (Å²) in [5, 5.41) is 2.91. The molecule has 0 aliphatic heterocycles. The van der Waals surface area contributed by atoms with Crippen molar-refractivity contribution in [2.45, 2.75) is 58.5 Å². The van der Waals surface area contributed by atoms with E-state index in [1.807, 2.05) is 18.2 Å². The first-order valence-corrected chi connectivity index (χ1v) is 11.2. The van der Waals surface area contributed by atoms with Crippen LogP contribution in [0.3, 0.4) is 0 Å². The second kappa shape index (κ2) is 10.9. The van der Waals surface area contributed by atoms with Gasteiger partial charge < -0.3 is 14.5 Å². The van der Waals surface area contributed by atoms with E-state index in [1.54, 1.807) is 12.1 Å². The summed E-state index contributed by atoms with van der Waals surface area (Å²) < 4.78 is 11.5. The third-order valence-corrected chi connectivity index (χ3v) is 5.65. The molecule has 1 amide bonds. The molecule has 0 unspecified atom stereocenters. The molecule has 0 bridgehead atoms. The van der Waals surface area contributed by atoms with Crippen molar-refractivity contribution < 1.29 is 13.9 Å². The predicted octanol–water partition coefficient (Wildman–Crippen LogP) is 6.49. The first-order valence-electron chi connectivity index (χ1n) is 11.2. The lowest BCUT2D eigenvalue weighted by atomic mass is 9.78. The molecule has 0 saturated heterocycles. The van der Waals surface area contributed by atoms with E-state index in [0.717, 1.165) is 18.6 Å². The van der Waals surface area contributed by atoms with Gasteiger partial charge >= 0.3 is 0 Å². The highest BCUT2D eigenvalue weighted by Gasteiger charge is 2.22. The van der Waals surface area contributed by atoms with Crippen LogP contribution in [0.5, 0.6) is 5.75 Å². The van der Waals surface area contributed by atoms with E-state index in [9.17, 15) is 4.79 Å². The molecule has 0 saturated carbocycles. The lowest BCUT2D eigenvalue weighted by molar-refractivity contribution is 0.0921. The summed E-state index contributed by atoms with van der Waals surface area (Å²) in [5.74, 6) is 1.56. The Hall–Kier alpha value is -3.01. The minimum absolute atomic E-state index is 0.0837. The summed E-state index contributed by atoms with van der Waals surface area (Å²) in [5.41, 5.74) is 2.41. The van der Waals surface area contributed by atoms with Gasteiger partial charge in [-0.15, -0.1) is 0 Å². The number of furan rings is 1. The van der Waals surface area contributed by atoms with Gasteiger partial charge in [-0.3, -0.25) is 4.79 Å². The second-order valence-corrected chi connectivity index (χ2v) is 8.39. The van der Waals surface area contributed by atoms with Gasteiger partial charge in [0.05, 0.1) is 0 Å². The zero-order chi connectivity index (χ0) is 22.1. The maximum atomic E-state index is 12.2. The van der Waals surface area contributed by atoms with Crippen molar-refractivity contribution in [3.8, 4) is 5.75 Å². The fourth-order valence-corrected chi connectivity index (χ4v) is 3.56. The number of carbonyl (C=O) groups excluding carboxylic acids is 1. The Labute approximate surface area is 185 Å². The van der Waals surface area contributed by atoms with Crippen LogP contribution in [0, 0.1) is 0 Å². The zero-order valence-electron chi connectivity index (χ0n) is 18.8. The van der Waals surface area contributed by atoms with Crippen LogP contribution in [0.1, 0.15) is 73.9 Å². The normalized spacial score (nSPS) is 11.3. The summed E-state index contributed by atoms with van der Waals surface area (Å²) in [4.78, 5) is 12.2. The average Bonchev–Trinajstić information content (AvgIpc) is 3.27. The molecule has 4 heteroatoms. The molecule has 0 aliphatic carbocycles. The van der Waals surface area contributed by atoms with Crippen molar-refractivity contribution in [1.29, 1.82) is 0 Å². The highest BCUT2D eigenvalue weighted by Crippen LogP contribution is 2.32. The summed E-state index contributed by atoms with van der Waals surface area (Å²) >= 11 is 0. The first kappa shape index (κ1) is 22.7. The molecule has 0 radical (unpaired) electrons. The van der Waals surface area contributed by atoms with Gasteiger partial charge in [-0.2, -0.15) is 0 Å². The number of rotatable bonds is 11. The maximum absolute atomic E-state index is 12.2. The Morgan fingerprint density at radius 2 is 1.61 bits per heavy atom.